The van der Waals surface area contributed by atoms with Gasteiger partial charge in [-0.2, -0.15) is 0 Å². The van der Waals surface area contributed by atoms with Crippen molar-refractivity contribution in [2.45, 2.75) is 6.92 Å². The number of carbonyl (C=O) groups is 1. The highest BCUT2D eigenvalue weighted by Gasteiger charge is 2.07. The van der Waals surface area contributed by atoms with Crippen LogP contribution in [-0.4, -0.2) is 27.6 Å². The van der Waals surface area contributed by atoms with Crippen LogP contribution in [0.2, 0.25) is 0 Å². The Hall–Kier alpha value is -2.71. The third-order valence-electron chi connectivity index (χ3n) is 2.47. The summed E-state index contributed by atoms with van der Waals surface area (Å²) in [5.74, 6) is 5.40. The number of hydrogen-bond donors (Lipinski definition) is 2. The van der Waals surface area contributed by atoms with E-state index >= 15 is 0 Å². The molecule has 0 atom stereocenters. The van der Waals surface area contributed by atoms with Crippen molar-refractivity contribution in [3.63, 3.8) is 0 Å². The van der Waals surface area contributed by atoms with Gasteiger partial charge >= 0.3 is 0 Å². The number of aryl methyl sites for hydroxylation is 1. The molecule has 5 nitrogen and oxygen atoms in total. The van der Waals surface area contributed by atoms with E-state index in [0.29, 0.717) is 16.9 Å². The summed E-state index contributed by atoms with van der Waals surface area (Å²) in [4.78, 5) is 20.1. The molecule has 2 rings (SSSR count). The molecule has 0 aliphatic heterocycles. The van der Waals surface area contributed by atoms with E-state index in [0.717, 1.165) is 5.56 Å². The Bertz CT molecular complexity index is 687. The van der Waals surface area contributed by atoms with E-state index in [1.54, 1.807) is 18.3 Å². The van der Waals surface area contributed by atoms with Gasteiger partial charge in [0.25, 0.3) is 5.91 Å². The molecule has 1 amide bonds. The number of amides is 1. The van der Waals surface area contributed by atoms with Crippen LogP contribution in [-0.2, 0) is 0 Å². The third-order valence-corrected chi connectivity index (χ3v) is 2.47. The number of aliphatic hydroxyl groups excluding tert-OH is 1. The molecule has 0 spiro atoms. The van der Waals surface area contributed by atoms with Gasteiger partial charge in [0.05, 0.1) is 5.56 Å². The monoisotopic (exact) mass is 267 g/mol. The average molecular weight is 267 g/mol. The number of anilines is 1. The van der Waals surface area contributed by atoms with Gasteiger partial charge in [-0.15, -0.1) is 0 Å². The minimum atomic E-state index is -0.303. The van der Waals surface area contributed by atoms with Crippen molar-refractivity contribution in [1.29, 1.82) is 0 Å². The Morgan fingerprint density at radius 3 is 3.00 bits per heavy atom. The molecule has 2 aromatic rings. The lowest BCUT2D eigenvalue weighted by molar-refractivity contribution is 0.102. The molecule has 0 fully saturated rings. The van der Waals surface area contributed by atoms with E-state index in [2.05, 4.69) is 27.1 Å². The largest absolute Gasteiger partial charge is 0.384 e. The molecular formula is C15H13N3O2. The fourth-order valence-electron chi connectivity index (χ4n) is 1.57. The summed E-state index contributed by atoms with van der Waals surface area (Å²) < 4.78 is 0. The number of carbonyl (C=O) groups excluding carboxylic acids is 1. The first kappa shape index (κ1) is 13.7. The van der Waals surface area contributed by atoms with Crippen LogP contribution < -0.4 is 5.32 Å². The van der Waals surface area contributed by atoms with Gasteiger partial charge < -0.3 is 10.4 Å². The first-order valence-corrected chi connectivity index (χ1v) is 5.98. The lowest BCUT2D eigenvalue weighted by Gasteiger charge is -2.05. The average Bonchev–Trinajstić information content (AvgIpc) is 2.45. The van der Waals surface area contributed by atoms with Gasteiger partial charge in [0.2, 0.25) is 0 Å². The number of aliphatic hydroxyl groups is 1. The van der Waals surface area contributed by atoms with Gasteiger partial charge in [0, 0.05) is 24.2 Å². The number of hydrogen-bond acceptors (Lipinski definition) is 4. The Morgan fingerprint density at radius 2 is 2.25 bits per heavy atom. The first-order valence-electron chi connectivity index (χ1n) is 5.98. The third kappa shape index (κ3) is 3.64. The molecule has 0 bridgehead atoms. The summed E-state index contributed by atoms with van der Waals surface area (Å²) in [6.07, 6.45) is 4.62. The zero-order valence-electron chi connectivity index (χ0n) is 10.9. The SMILES string of the molecule is Cc1ccnc(NC(=O)c2cncc(C#CCO)c2)c1. The number of pyridine rings is 2. The lowest BCUT2D eigenvalue weighted by atomic mass is 10.2. The van der Waals surface area contributed by atoms with Crippen LogP contribution in [0, 0.1) is 18.8 Å². The second kappa shape index (κ2) is 6.45. The standard InChI is InChI=1S/C15H13N3O2/c1-11-4-5-17-14(7-11)18-15(20)13-8-12(3-2-6-19)9-16-10-13/h4-5,7-10,19H,6H2,1H3,(H,17,18,20). The van der Waals surface area contributed by atoms with Gasteiger partial charge in [-0.1, -0.05) is 11.8 Å². The molecule has 2 aromatic heterocycles. The number of nitrogens with zero attached hydrogens (tertiary/aromatic N) is 2. The van der Waals surface area contributed by atoms with Crippen LogP contribution >= 0.6 is 0 Å². The van der Waals surface area contributed by atoms with Crippen molar-refractivity contribution in [2.24, 2.45) is 0 Å². The van der Waals surface area contributed by atoms with Crippen molar-refractivity contribution < 1.29 is 9.90 Å². The Kier molecular flexibility index (Phi) is 4.43. The Balaban J connectivity index is 2.17. The quantitative estimate of drug-likeness (QED) is 0.806. The van der Waals surface area contributed by atoms with Crippen LogP contribution in [0.3, 0.4) is 0 Å². The molecule has 0 saturated carbocycles. The molecule has 100 valence electrons. The number of aromatic nitrogens is 2. The predicted octanol–water partition coefficient (Wildman–Crippen LogP) is 1.38. The van der Waals surface area contributed by atoms with E-state index in [1.807, 2.05) is 13.0 Å². The molecule has 0 aliphatic rings. The number of rotatable bonds is 2. The highest BCUT2D eigenvalue weighted by Crippen LogP contribution is 2.08. The number of nitrogens with one attached hydrogen (secondary N) is 1. The summed E-state index contributed by atoms with van der Waals surface area (Å²) in [6.45, 7) is 1.69. The topological polar surface area (TPSA) is 75.1 Å². The minimum absolute atomic E-state index is 0.233. The molecule has 0 aliphatic carbocycles. The highest BCUT2D eigenvalue weighted by atomic mass is 16.2. The normalized spacial score (nSPS) is 9.50. The maximum absolute atomic E-state index is 12.1. The zero-order valence-corrected chi connectivity index (χ0v) is 10.9. The second-order valence-electron chi connectivity index (χ2n) is 4.09. The summed E-state index contributed by atoms with van der Waals surface area (Å²) in [6, 6.07) is 5.24. The van der Waals surface area contributed by atoms with E-state index < -0.39 is 0 Å². The van der Waals surface area contributed by atoms with Crippen molar-refractivity contribution >= 4 is 11.7 Å². The molecule has 0 aromatic carbocycles. The summed E-state index contributed by atoms with van der Waals surface area (Å²) in [5.41, 5.74) is 1.97. The molecule has 0 saturated heterocycles. The van der Waals surface area contributed by atoms with Gasteiger partial charge in [-0.25, -0.2) is 4.98 Å². The summed E-state index contributed by atoms with van der Waals surface area (Å²) in [7, 11) is 0. The molecule has 2 heterocycles. The van der Waals surface area contributed by atoms with Crippen molar-refractivity contribution in [2.75, 3.05) is 11.9 Å². The van der Waals surface area contributed by atoms with Crippen LogP contribution in [0.25, 0.3) is 0 Å². The fourth-order valence-corrected chi connectivity index (χ4v) is 1.57. The van der Waals surface area contributed by atoms with E-state index in [9.17, 15) is 4.79 Å². The van der Waals surface area contributed by atoms with Gasteiger partial charge in [-0.05, 0) is 30.7 Å². The molecule has 0 unspecified atom stereocenters. The highest BCUT2D eigenvalue weighted by molar-refractivity contribution is 6.03. The first-order chi connectivity index (χ1) is 9.69. The van der Waals surface area contributed by atoms with E-state index in [-0.39, 0.29) is 12.5 Å². The molecular weight excluding hydrogens is 254 g/mol. The molecule has 20 heavy (non-hydrogen) atoms. The lowest BCUT2D eigenvalue weighted by Crippen LogP contribution is -2.13. The molecule has 5 heteroatoms. The van der Waals surface area contributed by atoms with Crippen molar-refractivity contribution in [3.05, 3.63) is 53.5 Å². The fraction of sp³-hybridized carbons (Fsp3) is 0.133. The van der Waals surface area contributed by atoms with E-state index in [1.165, 1.54) is 12.4 Å². The molecule has 2 N–H and O–H groups in total. The minimum Gasteiger partial charge on any atom is -0.384 e. The van der Waals surface area contributed by atoms with Gasteiger partial charge in [-0.3, -0.25) is 9.78 Å². The van der Waals surface area contributed by atoms with Crippen molar-refractivity contribution in [3.8, 4) is 11.8 Å². The van der Waals surface area contributed by atoms with Crippen LogP contribution in [0.15, 0.2) is 36.8 Å². The van der Waals surface area contributed by atoms with E-state index in [4.69, 9.17) is 5.11 Å². The second-order valence-corrected chi connectivity index (χ2v) is 4.09. The van der Waals surface area contributed by atoms with Crippen molar-refractivity contribution in [1.82, 2.24) is 9.97 Å². The smallest absolute Gasteiger partial charge is 0.258 e. The maximum Gasteiger partial charge on any atom is 0.258 e. The van der Waals surface area contributed by atoms with Gasteiger partial charge in [0.15, 0.2) is 0 Å². The van der Waals surface area contributed by atoms with Crippen LogP contribution in [0.1, 0.15) is 21.5 Å². The summed E-state index contributed by atoms with van der Waals surface area (Å²) in [5, 5.41) is 11.3. The Labute approximate surface area is 116 Å². The summed E-state index contributed by atoms with van der Waals surface area (Å²) >= 11 is 0. The Morgan fingerprint density at radius 1 is 1.40 bits per heavy atom. The molecule has 0 radical (unpaired) electrons. The zero-order chi connectivity index (χ0) is 14.4. The van der Waals surface area contributed by atoms with Gasteiger partial charge in [0.1, 0.15) is 12.4 Å². The van der Waals surface area contributed by atoms with Crippen LogP contribution in [0.4, 0.5) is 5.82 Å². The maximum atomic E-state index is 12.1. The predicted molar refractivity (Wildman–Crippen MR) is 75.1 cm³/mol. The van der Waals surface area contributed by atoms with Crippen LogP contribution in [0.5, 0.6) is 0 Å².